The van der Waals surface area contributed by atoms with E-state index in [9.17, 15) is 4.79 Å². The first kappa shape index (κ1) is 15.0. The Kier molecular flexibility index (Phi) is 3.70. The molecule has 3 heterocycles. The van der Waals surface area contributed by atoms with Gasteiger partial charge in [-0.25, -0.2) is 9.50 Å². The molecule has 122 valence electrons. The number of aromatic nitrogens is 4. The summed E-state index contributed by atoms with van der Waals surface area (Å²) in [5.41, 5.74) is 5.04. The first-order valence-electron chi connectivity index (χ1n) is 7.84. The van der Waals surface area contributed by atoms with E-state index >= 15 is 0 Å². The third kappa shape index (κ3) is 2.97. The predicted molar refractivity (Wildman–Crippen MR) is 96.0 cm³/mol. The Morgan fingerprint density at radius 3 is 2.72 bits per heavy atom. The maximum Gasteiger partial charge on any atom is 0.221 e. The smallest absolute Gasteiger partial charge is 0.221 e. The Labute approximate surface area is 144 Å². The number of carbonyl (C=O) groups is 1. The monoisotopic (exact) mass is 329 g/mol. The second-order valence-electron chi connectivity index (χ2n) is 5.64. The Bertz CT molecular complexity index is 1060. The number of pyridine rings is 1. The van der Waals surface area contributed by atoms with Crippen LogP contribution in [0.4, 0.5) is 5.69 Å². The lowest BCUT2D eigenvalue weighted by Crippen LogP contribution is -2.05. The molecule has 1 amide bonds. The van der Waals surface area contributed by atoms with Crippen molar-refractivity contribution in [1.82, 2.24) is 19.6 Å². The summed E-state index contributed by atoms with van der Waals surface area (Å²) in [4.78, 5) is 19.8. The van der Waals surface area contributed by atoms with Crippen molar-refractivity contribution in [3.8, 4) is 22.5 Å². The quantitative estimate of drug-likeness (QED) is 0.625. The molecule has 3 aromatic heterocycles. The van der Waals surface area contributed by atoms with E-state index in [1.807, 2.05) is 48.5 Å². The highest BCUT2D eigenvalue weighted by Crippen LogP contribution is 2.24. The molecule has 4 aromatic rings. The minimum absolute atomic E-state index is 0.103. The van der Waals surface area contributed by atoms with Gasteiger partial charge in [0.1, 0.15) is 0 Å². The summed E-state index contributed by atoms with van der Waals surface area (Å²) in [6, 6.07) is 15.3. The van der Waals surface area contributed by atoms with Gasteiger partial charge in [0.25, 0.3) is 0 Å². The summed E-state index contributed by atoms with van der Waals surface area (Å²) in [5.74, 6) is -0.103. The highest BCUT2D eigenvalue weighted by molar-refractivity contribution is 5.89. The van der Waals surface area contributed by atoms with Gasteiger partial charge in [0, 0.05) is 36.1 Å². The summed E-state index contributed by atoms with van der Waals surface area (Å²) < 4.78 is 1.80. The molecule has 0 aliphatic rings. The number of imidazole rings is 1. The van der Waals surface area contributed by atoms with Gasteiger partial charge < -0.3 is 5.32 Å². The standard InChI is InChI=1S/C19H15N5O/c1-13(25)22-16-6-2-4-14(10-16)17-7-8-19-21-12-18(24(19)23-17)15-5-3-9-20-11-15/h2-12H,1H3,(H,22,25). The van der Waals surface area contributed by atoms with E-state index in [-0.39, 0.29) is 5.91 Å². The molecule has 1 aromatic carbocycles. The zero-order valence-electron chi connectivity index (χ0n) is 13.5. The van der Waals surface area contributed by atoms with E-state index in [4.69, 9.17) is 5.10 Å². The predicted octanol–water partition coefficient (Wildman–Crippen LogP) is 3.42. The fraction of sp³-hybridized carbons (Fsp3) is 0.0526. The highest BCUT2D eigenvalue weighted by Gasteiger charge is 2.09. The van der Waals surface area contributed by atoms with Gasteiger partial charge in [-0.2, -0.15) is 5.10 Å². The molecule has 0 bridgehead atoms. The molecule has 0 unspecified atom stereocenters. The van der Waals surface area contributed by atoms with Crippen LogP contribution in [0.5, 0.6) is 0 Å². The average Bonchev–Trinajstić information content (AvgIpc) is 3.05. The van der Waals surface area contributed by atoms with Crippen molar-refractivity contribution in [2.24, 2.45) is 0 Å². The van der Waals surface area contributed by atoms with Gasteiger partial charge in [-0.05, 0) is 36.4 Å². The fourth-order valence-electron chi connectivity index (χ4n) is 2.70. The first-order chi connectivity index (χ1) is 12.2. The SMILES string of the molecule is CC(=O)Nc1cccc(-c2ccc3ncc(-c4cccnc4)n3n2)c1. The molecule has 0 atom stereocenters. The summed E-state index contributed by atoms with van der Waals surface area (Å²) in [6.07, 6.45) is 5.31. The van der Waals surface area contributed by atoms with Gasteiger partial charge in [-0.3, -0.25) is 9.78 Å². The van der Waals surface area contributed by atoms with Crippen LogP contribution in [0, 0.1) is 0 Å². The maximum absolute atomic E-state index is 11.3. The van der Waals surface area contributed by atoms with Crippen LogP contribution in [-0.4, -0.2) is 25.5 Å². The number of rotatable bonds is 3. The lowest BCUT2D eigenvalue weighted by Gasteiger charge is -2.07. The van der Waals surface area contributed by atoms with Crippen molar-refractivity contribution in [3.63, 3.8) is 0 Å². The lowest BCUT2D eigenvalue weighted by atomic mass is 10.1. The molecule has 6 nitrogen and oxygen atoms in total. The van der Waals surface area contributed by atoms with Crippen LogP contribution in [0.15, 0.2) is 67.1 Å². The molecule has 6 heteroatoms. The van der Waals surface area contributed by atoms with Gasteiger partial charge in [0.15, 0.2) is 5.65 Å². The van der Waals surface area contributed by atoms with E-state index in [1.165, 1.54) is 6.92 Å². The van der Waals surface area contributed by atoms with Crippen molar-refractivity contribution < 1.29 is 4.79 Å². The van der Waals surface area contributed by atoms with E-state index in [0.717, 1.165) is 33.8 Å². The van der Waals surface area contributed by atoms with Gasteiger partial charge in [-0.1, -0.05) is 12.1 Å². The Morgan fingerprint density at radius 1 is 1.04 bits per heavy atom. The van der Waals surface area contributed by atoms with Gasteiger partial charge >= 0.3 is 0 Å². The van der Waals surface area contributed by atoms with Gasteiger partial charge in [0.05, 0.1) is 17.6 Å². The van der Waals surface area contributed by atoms with Crippen LogP contribution in [0.2, 0.25) is 0 Å². The molecule has 25 heavy (non-hydrogen) atoms. The van der Waals surface area contributed by atoms with Crippen LogP contribution in [0.3, 0.4) is 0 Å². The van der Waals surface area contributed by atoms with E-state index in [1.54, 1.807) is 23.1 Å². The third-order valence-corrected chi connectivity index (χ3v) is 3.80. The van der Waals surface area contributed by atoms with Crippen molar-refractivity contribution >= 4 is 17.2 Å². The zero-order valence-corrected chi connectivity index (χ0v) is 13.5. The number of amides is 1. The Morgan fingerprint density at radius 2 is 1.92 bits per heavy atom. The number of benzene rings is 1. The number of nitrogens with one attached hydrogen (secondary N) is 1. The van der Waals surface area contributed by atoms with Gasteiger partial charge in [-0.15, -0.1) is 0 Å². The molecular weight excluding hydrogens is 314 g/mol. The minimum Gasteiger partial charge on any atom is -0.326 e. The van der Waals surface area contributed by atoms with Crippen LogP contribution >= 0.6 is 0 Å². The number of hydrogen-bond acceptors (Lipinski definition) is 4. The summed E-state index contributed by atoms with van der Waals surface area (Å²) in [5, 5.41) is 7.51. The molecule has 0 fully saturated rings. The molecule has 0 aliphatic heterocycles. The number of anilines is 1. The normalized spacial score (nSPS) is 10.8. The Hall–Kier alpha value is -3.54. The summed E-state index contributed by atoms with van der Waals surface area (Å²) >= 11 is 0. The van der Waals surface area contributed by atoms with Gasteiger partial charge in [0.2, 0.25) is 5.91 Å². The minimum atomic E-state index is -0.103. The lowest BCUT2D eigenvalue weighted by molar-refractivity contribution is -0.114. The molecule has 0 aliphatic carbocycles. The van der Waals surface area contributed by atoms with Crippen LogP contribution < -0.4 is 5.32 Å². The van der Waals surface area contributed by atoms with Crippen LogP contribution in [-0.2, 0) is 4.79 Å². The number of fused-ring (bicyclic) bond motifs is 1. The summed E-state index contributed by atoms with van der Waals surface area (Å²) in [6.45, 7) is 1.49. The van der Waals surface area contributed by atoms with Crippen molar-refractivity contribution in [1.29, 1.82) is 0 Å². The number of nitrogens with zero attached hydrogens (tertiary/aromatic N) is 4. The van der Waals surface area contributed by atoms with E-state index in [2.05, 4.69) is 15.3 Å². The van der Waals surface area contributed by atoms with E-state index in [0.29, 0.717) is 0 Å². The first-order valence-corrected chi connectivity index (χ1v) is 7.84. The number of hydrogen-bond donors (Lipinski definition) is 1. The molecule has 1 N–H and O–H groups in total. The van der Waals surface area contributed by atoms with Crippen molar-refractivity contribution in [2.45, 2.75) is 6.92 Å². The molecule has 0 radical (unpaired) electrons. The molecule has 4 rings (SSSR count). The summed E-state index contributed by atoms with van der Waals surface area (Å²) in [7, 11) is 0. The highest BCUT2D eigenvalue weighted by atomic mass is 16.1. The zero-order chi connectivity index (χ0) is 17.2. The molecule has 0 spiro atoms. The molecular formula is C19H15N5O. The van der Waals surface area contributed by atoms with E-state index < -0.39 is 0 Å². The average molecular weight is 329 g/mol. The third-order valence-electron chi connectivity index (χ3n) is 3.80. The van der Waals surface area contributed by atoms with Crippen molar-refractivity contribution in [3.05, 3.63) is 67.1 Å². The maximum atomic E-state index is 11.3. The molecule has 0 saturated carbocycles. The number of carbonyl (C=O) groups excluding carboxylic acids is 1. The second kappa shape index (κ2) is 6.16. The van der Waals surface area contributed by atoms with Crippen LogP contribution in [0.25, 0.3) is 28.2 Å². The van der Waals surface area contributed by atoms with Crippen molar-refractivity contribution in [2.75, 3.05) is 5.32 Å². The molecule has 0 saturated heterocycles. The largest absolute Gasteiger partial charge is 0.326 e. The Balaban J connectivity index is 1.80. The second-order valence-corrected chi connectivity index (χ2v) is 5.64. The van der Waals surface area contributed by atoms with Crippen LogP contribution in [0.1, 0.15) is 6.92 Å². The topological polar surface area (TPSA) is 72.2 Å². The fourth-order valence-corrected chi connectivity index (χ4v) is 2.70.